The lowest BCUT2D eigenvalue weighted by molar-refractivity contribution is -0.477. The number of nitrogens with zero attached hydrogens (tertiary/aromatic N) is 1. The Balaban J connectivity index is 2.11. The minimum atomic E-state index is -0.738. The lowest BCUT2D eigenvalue weighted by Gasteiger charge is -2.16. The molecular weight excluding hydrogens is 357 g/mol. The maximum absolute atomic E-state index is 13.1. The van der Waals surface area contributed by atoms with E-state index in [4.69, 9.17) is 4.74 Å². The highest BCUT2D eigenvalue weighted by atomic mass is 79.9. The van der Waals surface area contributed by atoms with Crippen molar-refractivity contribution in [2.24, 2.45) is 0 Å². The molecule has 6 nitrogen and oxygen atoms in total. The van der Waals surface area contributed by atoms with Crippen LogP contribution in [0.2, 0.25) is 0 Å². The summed E-state index contributed by atoms with van der Waals surface area (Å²) in [7, 11) is 0. The number of benzene rings is 1. The molecule has 1 heterocycles. The van der Waals surface area contributed by atoms with Crippen molar-refractivity contribution >= 4 is 27.6 Å². The van der Waals surface area contributed by atoms with Crippen molar-refractivity contribution in [3.05, 3.63) is 57.7 Å². The Hall–Kier alpha value is -2.03. The van der Waals surface area contributed by atoms with Gasteiger partial charge in [0, 0.05) is 5.69 Å². The molecule has 8 heteroatoms. The number of carbonyl (C=O) groups is 1. The van der Waals surface area contributed by atoms with Crippen molar-refractivity contribution in [3.8, 4) is 5.75 Å². The number of anilines is 1. The molecule has 0 radical (unpaired) electrons. The number of quaternary nitrogens is 1. The molecule has 0 aliphatic carbocycles. The van der Waals surface area contributed by atoms with Crippen molar-refractivity contribution in [1.82, 2.24) is 4.98 Å². The van der Waals surface area contributed by atoms with Crippen LogP contribution in [0.3, 0.4) is 0 Å². The van der Waals surface area contributed by atoms with Crippen LogP contribution in [0.4, 0.5) is 14.9 Å². The SMILES string of the molecule is CC(Oc1ccc(NC(=O)[NH2+][O-])cc1Br)c1cccc(F)n1. The fraction of sp³-hybridized carbons (Fsp3) is 0.143. The average Bonchev–Trinajstić information content (AvgIpc) is 2.49. The maximum Gasteiger partial charge on any atom is 0.417 e. The number of carbonyl (C=O) groups excluding carboxylic acids is 1. The van der Waals surface area contributed by atoms with Crippen molar-refractivity contribution in [2.75, 3.05) is 5.32 Å². The van der Waals surface area contributed by atoms with Gasteiger partial charge in [-0.3, -0.25) is 5.32 Å². The predicted molar refractivity (Wildman–Crippen MR) is 81.7 cm³/mol. The Morgan fingerprint density at radius 3 is 2.86 bits per heavy atom. The first-order chi connectivity index (χ1) is 10.5. The maximum atomic E-state index is 13.1. The first-order valence-electron chi connectivity index (χ1n) is 6.34. The molecule has 1 aromatic carbocycles. The fourth-order valence-corrected chi connectivity index (χ4v) is 2.22. The number of pyridine rings is 1. The van der Waals surface area contributed by atoms with Crippen molar-refractivity contribution in [2.45, 2.75) is 13.0 Å². The van der Waals surface area contributed by atoms with Gasteiger partial charge < -0.3 is 15.4 Å². The van der Waals surface area contributed by atoms with E-state index in [1.807, 2.05) is 0 Å². The molecule has 3 N–H and O–H groups in total. The van der Waals surface area contributed by atoms with E-state index < -0.39 is 18.1 Å². The number of hydrogen-bond donors (Lipinski definition) is 2. The molecule has 0 bridgehead atoms. The second kappa shape index (κ2) is 7.30. The van der Waals surface area contributed by atoms with Crippen LogP contribution >= 0.6 is 15.9 Å². The van der Waals surface area contributed by atoms with Gasteiger partial charge in [-0.25, -0.2) is 9.78 Å². The van der Waals surface area contributed by atoms with Crippen LogP contribution in [0.1, 0.15) is 18.7 Å². The summed E-state index contributed by atoms with van der Waals surface area (Å²) in [4.78, 5) is 14.8. The standard InChI is InChI=1S/C14H13BrFN3O3/c1-8(11-3-2-4-13(16)18-11)22-12-6-5-9(7-10(12)15)17-14(20)19-21/h2-8H,19H2,1H3,(H,17,20). The molecule has 0 spiro atoms. The minimum absolute atomic E-state index is 0.190. The van der Waals surface area contributed by atoms with Crippen LogP contribution in [0.25, 0.3) is 0 Å². The third-order valence-electron chi connectivity index (χ3n) is 2.76. The zero-order chi connectivity index (χ0) is 16.1. The largest absolute Gasteiger partial charge is 0.627 e. The molecule has 116 valence electrons. The van der Waals surface area contributed by atoms with E-state index >= 15 is 0 Å². The number of ether oxygens (including phenoxy) is 1. The van der Waals surface area contributed by atoms with Gasteiger partial charge in [0.15, 0.2) is 0 Å². The molecule has 1 unspecified atom stereocenters. The number of primary amides is 1. The molecule has 2 aromatic rings. The molecular formula is C14H13BrFN3O3. The summed E-state index contributed by atoms with van der Waals surface area (Å²) in [6.07, 6.45) is -0.456. The first kappa shape index (κ1) is 16.3. The first-order valence-corrected chi connectivity index (χ1v) is 7.13. The molecule has 2 amide bonds. The second-order valence-electron chi connectivity index (χ2n) is 4.40. The predicted octanol–water partition coefficient (Wildman–Crippen LogP) is 2.72. The van der Waals surface area contributed by atoms with Crippen molar-refractivity contribution < 1.29 is 19.4 Å². The number of hydrogen-bond acceptors (Lipinski definition) is 4. The summed E-state index contributed by atoms with van der Waals surface area (Å²) >= 11 is 3.32. The quantitative estimate of drug-likeness (QED) is 0.640. The number of halogens is 2. The lowest BCUT2D eigenvalue weighted by Crippen LogP contribution is -2.83. The number of nitrogens with one attached hydrogen (secondary N) is 1. The molecule has 1 atom stereocenters. The lowest BCUT2D eigenvalue weighted by atomic mass is 10.2. The molecule has 0 saturated carbocycles. The molecule has 0 aliphatic rings. The summed E-state index contributed by atoms with van der Waals surface area (Å²) in [6, 6.07) is 8.57. The van der Waals surface area contributed by atoms with E-state index in [0.29, 0.717) is 21.6 Å². The summed E-state index contributed by atoms with van der Waals surface area (Å²) in [5.41, 5.74) is 1.11. The number of rotatable bonds is 4. The van der Waals surface area contributed by atoms with Crippen LogP contribution in [0.5, 0.6) is 5.75 Å². The smallest absolute Gasteiger partial charge is 0.417 e. The van der Waals surface area contributed by atoms with Crippen LogP contribution in [-0.2, 0) is 0 Å². The van der Waals surface area contributed by atoms with E-state index in [1.165, 1.54) is 6.07 Å². The third-order valence-corrected chi connectivity index (χ3v) is 3.38. The topological polar surface area (TPSA) is 90.9 Å². The van der Waals surface area contributed by atoms with Crippen LogP contribution in [0, 0.1) is 11.2 Å². The van der Waals surface area contributed by atoms with Gasteiger partial charge in [0.1, 0.15) is 11.9 Å². The highest BCUT2D eigenvalue weighted by molar-refractivity contribution is 9.10. The Kier molecular flexibility index (Phi) is 5.42. The fourth-order valence-electron chi connectivity index (χ4n) is 1.75. The summed E-state index contributed by atoms with van der Waals surface area (Å²) in [6.45, 7) is 1.75. The molecule has 0 fully saturated rings. The van der Waals surface area contributed by atoms with Crippen LogP contribution in [0.15, 0.2) is 40.9 Å². The Labute approximate surface area is 134 Å². The van der Waals surface area contributed by atoms with Gasteiger partial charge in [-0.1, -0.05) is 6.07 Å². The van der Waals surface area contributed by atoms with Gasteiger partial charge in [0.2, 0.25) is 5.95 Å². The summed E-state index contributed by atoms with van der Waals surface area (Å²) in [5, 5.41) is 12.7. The molecule has 22 heavy (non-hydrogen) atoms. The van der Waals surface area contributed by atoms with Gasteiger partial charge in [0.25, 0.3) is 0 Å². The van der Waals surface area contributed by atoms with Gasteiger partial charge in [-0.05, 0) is 53.2 Å². The van der Waals surface area contributed by atoms with E-state index in [-0.39, 0.29) is 5.48 Å². The zero-order valence-corrected chi connectivity index (χ0v) is 13.1. The molecule has 0 saturated heterocycles. The number of urea groups is 1. The van der Waals surface area contributed by atoms with Crippen molar-refractivity contribution in [1.29, 1.82) is 0 Å². The highest BCUT2D eigenvalue weighted by Crippen LogP contribution is 2.31. The molecule has 1 aromatic heterocycles. The average molecular weight is 370 g/mol. The second-order valence-corrected chi connectivity index (χ2v) is 5.25. The zero-order valence-electron chi connectivity index (χ0n) is 11.5. The van der Waals surface area contributed by atoms with Crippen LogP contribution in [-0.4, -0.2) is 11.0 Å². The number of aromatic nitrogens is 1. The number of nitrogens with two attached hydrogens (primary N) is 1. The van der Waals surface area contributed by atoms with E-state index in [2.05, 4.69) is 26.2 Å². The molecule has 0 aliphatic heterocycles. The summed E-state index contributed by atoms with van der Waals surface area (Å²) < 4.78 is 19.4. The van der Waals surface area contributed by atoms with E-state index in [1.54, 1.807) is 37.3 Å². The number of hydroxylamine groups is 1. The Morgan fingerprint density at radius 2 is 2.23 bits per heavy atom. The van der Waals surface area contributed by atoms with Crippen LogP contribution < -0.4 is 15.5 Å². The Bertz CT molecular complexity index is 684. The van der Waals surface area contributed by atoms with Gasteiger partial charge in [-0.2, -0.15) is 4.39 Å². The minimum Gasteiger partial charge on any atom is -0.627 e. The van der Waals surface area contributed by atoms with Gasteiger partial charge >= 0.3 is 6.03 Å². The highest BCUT2D eigenvalue weighted by Gasteiger charge is 2.12. The summed E-state index contributed by atoms with van der Waals surface area (Å²) in [5.74, 6) is -0.0680. The van der Waals surface area contributed by atoms with Crippen molar-refractivity contribution in [3.63, 3.8) is 0 Å². The van der Waals surface area contributed by atoms with E-state index in [0.717, 1.165) is 0 Å². The van der Waals surface area contributed by atoms with E-state index in [9.17, 15) is 14.4 Å². The molecule has 2 rings (SSSR count). The third kappa shape index (κ3) is 4.23. The normalized spacial score (nSPS) is 11.8. The number of amides is 2. The van der Waals surface area contributed by atoms with Gasteiger partial charge in [-0.15, -0.1) is 0 Å². The van der Waals surface area contributed by atoms with Gasteiger partial charge in [0.05, 0.1) is 10.2 Å². The Morgan fingerprint density at radius 1 is 1.45 bits per heavy atom. The monoisotopic (exact) mass is 369 g/mol.